The number of aromatic nitrogens is 3. The van der Waals surface area contributed by atoms with Crippen molar-refractivity contribution in [1.29, 1.82) is 0 Å². The van der Waals surface area contributed by atoms with Gasteiger partial charge in [-0.1, -0.05) is 18.2 Å². The van der Waals surface area contributed by atoms with E-state index in [-0.39, 0.29) is 41.2 Å². The van der Waals surface area contributed by atoms with Crippen LogP contribution in [0.4, 0.5) is 13.2 Å². The number of imidazole rings is 1. The van der Waals surface area contributed by atoms with Crippen LogP contribution in [0.1, 0.15) is 75.5 Å². The zero-order valence-electron chi connectivity index (χ0n) is 24.7. The molecule has 4 aromatic rings. The average Bonchev–Trinajstić information content (AvgIpc) is 3.33. The number of carbonyl (C=O) groups is 2. The highest BCUT2D eigenvalue weighted by Crippen LogP contribution is 2.34. The lowest BCUT2D eigenvalue weighted by molar-refractivity contribution is -0.138. The van der Waals surface area contributed by atoms with Gasteiger partial charge in [0.1, 0.15) is 12.4 Å². The van der Waals surface area contributed by atoms with Gasteiger partial charge in [0.05, 0.1) is 41.4 Å². The number of ketones is 1. The Kier molecular flexibility index (Phi) is 8.61. The highest BCUT2D eigenvalue weighted by molar-refractivity contribution is 5.94. The van der Waals surface area contributed by atoms with Crippen molar-refractivity contribution in [1.82, 2.24) is 19.4 Å². The maximum absolute atomic E-state index is 13.7. The monoisotopic (exact) mass is 622 g/mol. The second-order valence-corrected chi connectivity index (χ2v) is 11.6. The Morgan fingerprint density at radius 2 is 1.78 bits per heavy atom. The summed E-state index contributed by atoms with van der Waals surface area (Å²) in [7, 11) is 0. The number of rotatable bonds is 10. The number of halogens is 3. The molecule has 1 N–H and O–H groups in total. The molecule has 2 fully saturated rings. The molecule has 236 valence electrons. The van der Waals surface area contributed by atoms with E-state index in [1.807, 2.05) is 6.07 Å². The number of aromatic carboxylic acids is 1. The minimum atomic E-state index is -4.62. The van der Waals surface area contributed by atoms with Crippen LogP contribution in [-0.2, 0) is 30.6 Å². The Hall–Kier alpha value is -4.29. The molecule has 2 aliphatic heterocycles. The molecule has 0 amide bonds. The van der Waals surface area contributed by atoms with Gasteiger partial charge < -0.3 is 19.1 Å². The van der Waals surface area contributed by atoms with Crippen LogP contribution >= 0.6 is 0 Å². The van der Waals surface area contributed by atoms with Gasteiger partial charge >= 0.3 is 12.1 Å². The molecule has 1 atom stereocenters. The number of carboxylic acid groups (broad SMARTS) is 1. The number of pyridine rings is 1. The molecule has 45 heavy (non-hydrogen) atoms. The smallest absolute Gasteiger partial charge is 0.416 e. The maximum Gasteiger partial charge on any atom is 0.416 e. The molecule has 12 heteroatoms. The Morgan fingerprint density at radius 1 is 1.02 bits per heavy atom. The molecule has 0 radical (unpaired) electrons. The number of hydrogen-bond donors (Lipinski definition) is 1. The summed E-state index contributed by atoms with van der Waals surface area (Å²) in [6, 6.07) is 13.8. The van der Waals surface area contributed by atoms with Gasteiger partial charge in [-0.15, -0.1) is 0 Å². The van der Waals surface area contributed by atoms with Crippen LogP contribution in [0.15, 0.2) is 54.6 Å². The molecular formula is C33H33F3N4O5. The topological polar surface area (TPSA) is 107 Å². The van der Waals surface area contributed by atoms with Gasteiger partial charge in [-0.3, -0.25) is 9.69 Å². The number of piperidine rings is 1. The third-order valence-corrected chi connectivity index (χ3v) is 8.57. The molecule has 0 spiro atoms. The number of carboxylic acids is 1. The van der Waals surface area contributed by atoms with Gasteiger partial charge in [-0.25, -0.2) is 14.8 Å². The number of Topliss-reactive ketones (excluding diaryl/α,β-unsaturated/α-hetero) is 1. The molecular weight excluding hydrogens is 589 g/mol. The number of alkyl halides is 3. The van der Waals surface area contributed by atoms with Crippen molar-refractivity contribution >= 4 is 22.8 Å². The fourth-order valence-corrected chi connectivity index (χ4v) is 5.92. The number of fused-ring (bicyclic) bond motifs is 1. The van der Waals surface area contributed by atoms with Crippen molar-refractivity contribution in [2.75, 3.05) is 19.7 Å². The molecule has 2 aliphatic rings. The van der Waals surface area contributed by atoms with Crippen molar-refractivity contribution in [3.8, 4) is 5.88 Å². The summed E-state index contributed by atoms with van der Waals surface area (Å²) in [5, 5.41) is 9.50. The van der Waals surface area contributed by atoms with E-state index >= 15 is 0 Å². The highest BCUT2D eigenvalue weighted by atomic mass is 19.4. The second-order valence-electron chi connectivity index (χ2n) is 11.6. The second kappa shape index (κ2) is 12.6. The minimum Gasteiger partial charge on any atom is -0.478 e. The van der Waals surface area contributed by atoms with Crippen LogP contribution in [0.25, 0.3) is 11.0 Å². The van der Waals surface area contributed by atoms with E-state index in [1.54, 1.807) is 30.3 Å². The van der Waals surface area contributed by atoms with E-state index in [9.17, 15) is 27.9 Å². The van der Waals surface area contributed by atoms with Crippen LogP contribution < -0.4 is 4.74 Å². The molecule has 6 rings (SSSR count). The van der Waals surface area contributed by atoms with E-state index in [4.69, 9.17) is 14.5 Å². The van der Waals surface area contributed by atoms with Gasteiger partial charge in [0.2, 0.25) is 5.88 Å². The fraction of sp³-hybridized carbons (Fsp3) is 0.394. The molecule has 2 aromatic carbocycles. The van der Waals surface area contributed by atoms with Crippen molar-refractivity contribution in [3.05, 3.63) is 88.4 Å². The lowest BCUT2D eigenvalue weighted by Crippen LogP contribution is -2.35. The molecule has 0 saturated carbocycles. The fourth-order valence-electron chi connectivity index (χ4n) is 5.92. The lowest BCUT2D eigenvalue weighted by Gasteiger charge is -2.32. The van der Waals surface area contributed by atoms with Crippen LogP contribution in [0.2, 0.25) is 0 Å². The first-order chi connectivity index (χ1) is 21.5. The summed E-state index contributed by atoms with van der Waals surface area (Å²) in [5.74, 6) is -0.156. The normalized spacial score (nSPS) is 17.7. The Labute approximate surface area is 257 Å². The van der Waals surface area contributed by atoms with E-state index in [2.05, 4.69) is 14.5 Å². The van der Waals surface area contributed by atoms with Crippen LogP contribution in [0.3, 0.4) is 0 Å². The summed E-state index contributed by atoms with van der Waals surface area (Å²) >= 11 is 0. The van der Waals surface area contributed by atoms with E-state index < -0.39 is 23.5 Å². The molecule has 0 aliphatic carbocycles. The van der Waals surface area contributed by atoms with Crippen molar-refractivity contribution in [2.24, 2.45) is 0 Å². The Balaban J connectivity index is 1.11. The van der Waals surface area contributed by atoms with Gasteiger partial charge in [0, 0.05) is 35.4 Å². The van der Waals surface area contributed by atoms with Crippen LogP contribution in [0.5, 0.6) is 5.88 Å². The van der Waals surface area contributed by atoms with Crippen molar-refractivity contribution < 1.29 is 37.3 Å². The summed E-state index contributed by atoms with van der Waals surface area (Å²) in [6.45, 7) is 4.43. The van der Waals surface area contributed by atoms with Gasteiger partial charge in [0.15, 0.2) is 5.78 Å². The highest BCUT2D eigenvalue weighted by Gasteiger charge is 2.34. The van der Waals surface area contributed by atoms with E-state index in [0.29, 0.717) is 13.1 Å². The molecule has 4 heterocycles. The molecule has 0 bridgehead atoms. The Bertz CT molecular complexity index is 1730. The Morgan fingerprint density at radius 3 is 2.44 bits per heavy atom. The summed E-state index contributed by atoms with van der Waals surface area (Å²) < 4.78 is 54.5. The number of nitrogens with zero attached hydrogens (tertiary/aromatic N) is 4. The first-order valence-electron chi connectivity index (χ1n) is 14.9. The molecule has 2 aromatic heterocycles. The summed E-state index contributed by atoms with van der Waals surface area (Å²) in [5.41, 5.74) is 1.61. The van der Waals surface area contributed by atoms with E-state index in [0.717, 1.165) is 67.6 Å². The first-order valence-corrected chi connectivity index (χ1v) is 14.9. The first kappa shape index (κ1) is 30.7. The third kappa shape index (κ3) is 6.86. The summed E-state index contributed by atoms with van der Waals surface area (Å²) in [4.78, 5) is 35.0. The number of carbonyl (C=O) groups excluding carboxylic acids is 1. The zero-order valence-corrected chi connectivity index (χ0v) is 24.7. The summed E-state index contributed by atoms with van der Waals surface area (Å²) in [6.07, 6.45) is -1.92. The van der Waals surface area contributed by atoms with Crippen LogP contribution in [0, 0.1) is 0 Å². The largest absolute Gasteiger partial charge is 0.478 e. The molecule has 1 unspecified atom stereocenters. The van der Waals surface area contributed by atoms with Gasteiger partial charge in [-0.2, -0.15) is 13.2 Å². The molecule has 9 nitrogen and oxygen atoms in total. The van der Waals surface area contributed by atoms with E-state index in [1.165, 1.54) is 19.1 Å². The van der Waals surface area contributed by atoms with Gasteiger partial charge in [0.25, 0.3) is 0 Å². The van der Waals surface area contributed by atoms with Crippen LogP contribution in [-0.4, -0.2) is 62.1 Å². The maximum atomic E-state index is 13.7. The quantitative estimate of drug-likeness (QED) is 0.212. The number of ether oxygens (including phenoxy) is 2. The minimum absolute atomic E-state index is 0.00510. The zero-order chi connectivity index (χ0) is 31.7. The lowest BCUT2D eigenvalue weighted by atomic mass is 9.93. The number of likely N-dealkylation sites (tertiary alicyclic amines) is 1. The SMILES string of the molecule is CC(=O)c1ccc(COc2cccc(C3CCN(Cc4nc5ccc(C(=O)O)cc5n4CC4CCO4)CC3)n2)c(C(F)(F)F)c1. The predicted octanol–water partition coefficient (Wildman–Crippen LogP) is 6.10. The third-order valence-electron chi connectivity index (χ3n) is 8.57. The number of benzene rings is 2. The van der Waals surface area contributed by atoms with Crippen molar-refractivity contribution in [3.63, 3.8) is 0 Å². The average molecular weight is 623 g/mol. The molecule has 2 saturated heterocycles. The van der Waals surface area contributed by atoms with Crippen molar-refractivity contribution in [2.45, 2.75) is 64.1 Å². The van der Waals surface area contributed by atoms with Gasteiger partial charge in [-0.05, 0) is 69.6 Å². The standard InChI is InChI=1S/C33H33F3N4O5/c1-20(41)22-5-6-24(26(15-22)33(34,35)36)19-45-31-4-2-3-27(38-31)21-9-12-39(13-10-21)18-30-37-28-8-7-23(32(42)43)16-29(28)40(30)17-25-11-14-44-25/h2-8,15-16,21,25H,9-14,17-19H2,1H3,(H,42,43). The predicted molar refractivity (Wildman–Crippen MR) is 158 cm³/mol. The number of hydrogen-bond acceptors (Lipinski definition) is 7.